The number of hydrogen-bond acceptors (Lipinski definition) is 8. The molecule has 3 aromatic heterocycles. The van der Waals surface area contributed by atoms with Crippen molar-refractivity contribution in [3.05, 3.63) is 157 Å². The Labute approximate surface area is 305 Å². The Morgan fingerprint density at radius 2 is 1.09 bits per heavy atom. The van der Waals surface area contributed by atoms with Gasteiger partial charge in [0.25, 0.3) is 11.4 Å². The maximum Gasteiger partial charge on any atom is 0.372 e. The van der Waals surface area contributed by atoms with Crippen LogP contribution in [0, 0.1) is 53.7 Å². The van der Waals surface area contributed by atoms with Crippen molar-refractivity contribution in [1.29, 1.82) is 15.8 Å². The van der Waals surface area contributed by atoms with E-state index in [0.29, 0.717) is 65.6 Å². The van der Waals surface area contributed by atoms with Crippen molar-refractivity contribution in [3.63, 3.8) is 0 Å². The predicted octanol–water partition coefficient (Wildman–Crippen LogP) is 9.76. The van der Waals surface area contributed by atoms with Crippen LogP contribution in [0.2, 0.25) is 0 Å². The molecule has 0 unspecified atom stereocenters. The number of fused-ring (bicyclic) bond motifs is 9. The Morgan fingerprint density at radius 1 is 0.585 bits per heavy atom. The molecule has 0 radical (unpaired) electrons. The summed E-state index contributed by atoms with van der Waals surface area (Å²) in [4.78, 5) is 30.0. The van der Waals surface area contributed by atoms with Gasteiger partial charge in [-0.3, -0.25) is 0 Å². The van der Waals surface area contributed by atoms with Crippen LogP contribution in [-0.2, 0) is 0 Å². The molecule has 0 bridgehead atoms. The highest BCUT2D eigenvalue weighted by atomic mass is 32.1. The molecule has 2 aliphatic carbocycles. The van der Waals surface area contributed by atoms with Crippen LogP contribution in [0.25, 0.3) is 92.3 Å². The summed E-state index contributed by atoms with van der Waals surface area (Å²) in [5.74, 6) is 0.0300. The van der Waals surface area contributed by atoms with E-state index in [4.69, 9.17) is 19.7 Å². The SMILES string of the molecule is [C-]#[N+]/C(C#N)=C1/c2cc(-c3nc(C#N)nc4ccccc34)ccc2-c2c1sc1c2-c2ccc(-c3nc([N+]#[C-])nc4ccccc34)cc2/C1=C(/C#N)[N+]#[C-]. The van der Waals surface area contributed by atoms with Crippen LogP contribution in [-0.4, -0.2) is 19.9 Å². The van der Waals surface area contributed by atoms with Gasteiger partial charge in [0.05, 0.1) is 41.9 Å². The number of nitrogens with zero attached hydrogens (tertiary/aromatic N) is 10. The zero-order valence-electron chi connectivity index (χ0n) is 27.0. The molecule has 4 aromatic carbocycles. The molecule has 9 rings (SSSR count). The first-order chi connectivity index (χ1) is 26.0. The minimum Gasteiger partial charge on any atom is -0.394 e. The fourth-order valence-corrected chi connectivity index (χ4v) is 8.65. The molecule has 0 atom stereocenters. The van der Waals surface area contributed by atoms with Gasteiger partial charge in [-0.05, 0) is 52.6 Å². The molecule has 0 aliphatic heterocycles. The molecule has 0 fully saturated rings. The molecular formula is C42H14N10S. The third kappa shape index (κ3) is 4.38. The molecule has 0 N–H and O–H groups in total. The summed E-state index contributed by atoms with van der Waals surface area (Å²) in [5.41, 5.74) is 8.99. The fourth-order valence-electron chi connectivity index (χ4n) is 7.20. The number of rotatable bonds is 2. The number of para-hydroxylation sites is 2. The van der Waals surface area contributed by atoms with Gasteiger partial charge in [-0.2, -0.15) is 5.26 Å². The standard InChI is InChI=1S/C42H14N10S/c1-46-31(18-43)34-27-16-21(38-25-8-4-6-10-29(25)49-33(20-45)51-38)12-14-23(27)36-37-24-15-13-22(39-26-9-5-7-11-30(26)50-42(48-3)52-39)17-28(24)35(32(19-44)47-2)41(37)53-40(34)36/h4-17H/b34-31-,35-32+. The smallest absolute Gasteiger partial charge is 0.372 e. The Morgan fingerprint density at radius 3 is 1.58 bits per heavy atom. The quantitative estimate of drug-likeness (QED) is 0.130. The summed E-state index contributed by atoms with van der Waals surface area (Å²) < 4.78 is 0. The van der Waals surface area contributed by atoms with E-state index in [-0.39, 0.29) is 23.2 Å². The fraction of sp³-hybridized carbons (Fsp3) is 0. The largest absolute Gasteiger partial charge is 0.394 e. The average molecular weight is 691 g/mol. The number of hydrogen-bond donors (Lipinski definition) is 0. The number of thiophene rings is 1. The van der Waals surface area contributed by atoms with E-state index in [1.807, 2.05) is 91.0 Å². The van der Waals surface area contributed by atoms with Gasteiger partial charge in [0, 0.05) is 48.5 Å². The number of aromatic nitrogens is 4. The zero-order chi connectivity index (χ0) is 36.4. The highest BCUT2D eigenvalue weighted by Crippen LogP contribution is 2.62. The molecule has 0 spiro atoms. The average Bonchev–Trinajstić information content (AvgIpc) is 3.83. The van der Waals surface area contributed by atoms with Crippen LogP contribution in [0.5, 0.6) is 0 Å². The molecule has 0 amide bonds. The monoisotopic (exact) mass is 690 g/mol. The second kappa shape index (κ2) is 11.6. The lowest BCUT2D eigenvalue weighted by Gasteiger charge is -2.10. The van der Waals surface area contributed by atoms with Crippen LogP contribution in [0.1, 0.15) is 26.7 Å². The molecule has 7 aromatic rings. The molecule has 238 valence electrons. The van der Waals surface area contributed by atoms with E-state index in [2.05, 4.69) is 46.6 Å². The molecule has 0 saturated heterocycles. The Bertz CT molecular complexity index is 2950. The van der Waals surface area contributed by atoms with E-state index in [1.165, 1.54) is 11.3 Å². The van der Waals surface area contributed by atoms with Crippen LogP contribution >= 0.6 is 11.3 Å². The highest BCUT2D eigenvalue weighted by Gasteiger charge is 2.39. The lowest BCUT2D eigenvalue weighted by Crippen LogP contribution is -1.96. The minimum absolute atomic E-state index is 0.00738. The van der Waals surface area contributed by atoms with Crippen molar-refractivity contribution in [2.45, 2.75) is 0 Å². The minimum atomic E-state index is -0.0922. The molecular weight excluding hydrogens is 677 g/mol. The van der Waals surface area contributed by atoms with E-state index in [1.54, 1.807) is 0 Å². The van der Waals surface area contributed by atoms with Gasteiger partial charge in [-0.1, -0.05) is 54.6 Å². The summed E-state index contributed by atoms with van der Waals surface area (Å²) in [6.45, 7) is 23.5. The molecule has 11 heteroatoms. The maximum atomic E-state index is 10.2. The van der Waals surface area contributed by atoms with E-state index < -0.39 is 0 Å². The molecule has 2 aliphatic rings. The second-order valence-corrected chi connectivity index (χ2v) is 13.0. The molecule has 3 heterocycles. The molecule has 53 heavy (non-hydrogen) atoms. The third-order valence-electron chi connectivity index (χ3n) is 9.33. The molecule has 10 nitrogen and oxygen atoms in total. The first-order valence-corrected chi connectivity index (χ1v) is 16.7. The Hall–Kier alpha value is -8.32. The summed E-state index contributed by atoms with van der Waals surface area (Å²) in [6, 6.07) is 32.5. The van der Waals surface area contributed by atoms with Crippen molar-refractivity contribution >= 4 is 50.2 Å². The van der Waals surface area contributed by atoms with Gasteiger partial charge in [0.2, 0.25) is 5.82 Å². The predicted molar refractivity (Wildman–Crippen MR) is 200 cm³/mol. The summed E-state index contributed by atoms with van der Waals surface area (Å²) >= 11 is 1.34. The van der Waals surface area contributed by atoms with Crippen LogP contribution in [0.3, 0.4) is 0 Å². The lowest BCUT2D eigenvalue weighted by atomic mass is 9.95. The topological polar surface area (TPSA) is 136 Å². The Balaban J connectivity index is 1.31. The van der Waals surface area contributed by atoms with Crippen molar-refractivity contribution in [2.24, 2.45) is 0 Å². The van der Waals surface area contributed by atoms with Gasteiger partial charge in [-0.25, -0.2) is 30.2 Å². The van der Waals surface area contributed by atoms with Crippen molar-refractivity contribution in [1.82, 2.24) is 19.9 Å². The molecule has 0 saturated carbocycles. The number of allylic oxidation sites excluding steroid dienone is 2. The van der Waals surface area contributed by atoms with Gasteiger partial charge in [0.15, 0.2) is 0 Å². The third-order valence-corrected chi connectivity index (χ3v) is 10.6. The van der Waals surface area contributed by atoms with Crippen LogP contribution in [0.4, 0.5) is 5.95 Å². The van der Waals surface area contributed by atoms with Gasteiger partial charge < -0.3 is 4.85 Å². The number of benzene rings is 4. The maximum absolute atomic E-state index is 10.2. The van der Waals surface area contributed by atoms with Crippen LogP contribution < -0.4 is 0 Å². The first-order valence-electron chi connectivity index (χ1n) is 15.8. The van der Waals surface area contributed by atoms with Gasteiger partial charge in [-0.15, -0.1) is 27.9 Å². The van der Waals surface area contributed by atoms with Crippen molar-refractivity contribution in [3.8, 4) is 63.0 Å². The van der Waals surface area contributed by atoms with E-state index >= 15 is 0 Å². The lowest BCUT2D eigenvalue weighted by molar-refractivity contribution is 1.16. The Kier molecular flexibility index (Phi) is 6.75. The van der Waals surface area contributed by atoms with Crippen molar-refractivity contribution < 1.29 is 0 Å². The van der Waals surface area contributed by atoms with Gasteiger partial charge >= 0.3 is 5.95 Å². The summed E-state index contributed by atoms with van der Waals surface area (Å²) in [5, 5.41) is 31.6. The van der Waals surface area contributed by atoms with Gasteiger partial charge in [0.1, 0.15) is 17.3 Å². The first kappa shape index (κ1) is 30.7. The van der Waals surface area contributed by atoms with E-state index in [9.17, 15) is 15.8 Å². The summed E-state index contributed by atoms with van der Waals surface area (Å²) in [7, 11) is 0. The summed E-state index contributed by atoms with van der Waals surface area (Å²) in [6.07, 6.45) is 0. The highest BCUT2D eigenvalue weighted by molar-refractivity contribution is 7.16. The van der Waals surface area contributed by atoms with Crippen LogP contribution in [0.15, 0.2) is 96.3 Å². The van der Waals surface area contributed by atoms with Crippen molar-refractivity contribution in [2.75, 3.05) is 0 Å². The van der Waals surface area contributed by atoms with E-state index in [0.717, 1.165) is 33.0 Å². The second-order valence-electron chi connectivity index (χ2n) is 12.0. The number of nitriles is 3. The normalized spacial score (nSPS) is 13.6. The zero-order valence-corrected chi connectivity index (χ0v) is 27.8.